The molecular formula is C16H20NO3P. The molecule has 5 heteroatoms. The minimum atomic E-state index is -4.28. The van der Waals surface area contributed by atoms with E-state index in [0.717, 1.165) is 11.1 Å². The molecule has 0 saturated heterocycles. The van der Waals surface area contributed by atoms with E-state index in [1.807, 2.05) is 36.4 Å². The standard InChI is InChI=1S/C16H20NO3P/c1-3-16(4-2,21(18,19)20)15-11-10-14(12-17-15)13-8-6-5-7-9-13/h5-12H,3-4H2,1-2H3,(H2,18,19,20). The summed E-state index contributed by atoms with van der Waals surface area (Å²) < 4.78 is 11.9. The Kier molecular flexibility index (Phi) is 4.62. The molecule has 0 fully saturated rings. The van der Waals surface area contributed by atoms with Gasteiger partial charge in [0.05, 0.1) is 5.69 Å². The first kappa shape index (κ1) is 15.9. The van der Waals surface area contributed by atoms with Gasteiger partial charge < -0.3 is 9.79 Å². The smallest absolute Gasteiger partial charge is 0.324 e. The lowest BCUT2D eigenvalue weighted by molar-refractivity contribution is 0.312. The molecule has 0 atom stereocenters. The van der Waals surface area contributed by atoms with Gasteiger partial charge in [-0.1, -0.05) is 50.2 Å². The zero-order valence-corrected chi connectivity index (χ0v) is 13.1. The third-order valence-corrected chi connectivity index (χ3v) is 6.05. The molecule has 0 aliphatic rings. The molecule has 112 valence electrons. The van der Waals surface area contributed by atoms with E-state index in [1.54, 1.807) is 26.1 Å². The van der Waals surface area contributed by atoms with Crippen LogP contribution in [0.15, 0.2) is 48.7 Å². The number of benzene rings is 1. The van der Waals surface area contributed by atoms with E-state index in [0.29, 0.717) is 18.5 Å². The van der Waals surface area contributed by atoms with Gasteiger partial charge in [-0.15, -0.1) is 0 Å². The normalized spacial score (nSPS) is 12.4. The first-order valence-corrected chi connectivity index (χ1v) is 8.63. The number of pyridine rings is 1. The fraction of sp³-hybridized carbons (Fsp3) is 0.312. The van der Waals surface area contributed by atoms with Crippen LogP contribution in [0.3, 0.4) is 0 Å². The van der Waals surface area contributed by atoms with Crippen molar-refractivity contribution in [3.05, 3.63) is 54.4 Å². The second kappa shape index (κ2) is 6.10. The van der Waals surface area contributed by atoms with Crippen molar-refractivity contribution in [1.82, 2.24) is 4.98 Å². The Balaban J connectivity index is 2.44. The summed E-state index contributed by atoms with van der Waals surface area (Å²) in [6.07, 6.45) is 2.39. The van der Waals surface area contributed by atoms with E-state index in [2.05, 4.69) is 4.98 Å². The van der Waals surface area contributed by atoms with Crippen LogP contribution in [-0.2, 0) is 9.72 Å². The monoisotopic (exact) mass is 305 g/mol. The molecule has 0 radical (unpaired) electrons. The van der Waals surface area contributed by atoms with Crippen molar-refractivity contribution in [3.63, 3.8) is 0 Å². The van der Waals surface area contributed by atoms with Gasteiger partial charge in [0, 0.05) is 11.8 Å². The summed E-state index contributed by atoms with van der Waals surface area (Å²) in [6.45, 7) is 3.57. The molecule has 1 aromatic heterocycles. The molecule has 0 amide bonds. The zero-order chi connectivity index (χ0) is 15.5. The highest BCUT2D eigenvalue weighted by Gasteiger charge is 2.46. The van der Waals surface area contributed by atoms with Crippen molar-refractivity contribution < 1.29 is 14.4 Å². The van der Waals surface area contributed by atoms with E-state index >= 15 is 0 Å². The highest BCUT2D eigenvalue weighted by atomic mass is 31.2. The molecule has 21 heavy (non-hydrogen) atoms. The molecule has 0 unspecified atom stereocenters. The number of nitrogens with zero attached hydrogens (tertiary/aromatic N) is 1. The summed E-state index contributed by atoms with van der Waals surface area (Å²) in [4.78, 5) is 23.8. The molecule has 0 saturated carbocycles. The highest BCUT2D eigenvalue weighted by Crippen LogP contribution is 2.60. The minimum Gasteiger partial charge on any atom is -0.324 e. The van der Waals surface area contributed by atoms with Crippen LogP contribution in [0.5, 0.6) is 0 Å². The maximum absolute atomic E-state index is 11.9. The van der Waals surface area contributed by atoms with E-state index in [4.69, 9.17) is 0 Å². The molecule has 2 N–H and O–H groups in total. The second-order valence-corrected chi connectivity index (χ2v) is 7.02. The summed E-state index contributed by atoms with van der Waals surface area (Å²) in [5.41, 5.74) is 2.43. The third-order valence-electron chi connectivity index (χ3n) is 4.07. The minimum absolute atomic E-state index is 0.353. The van der Waals surface area contributed by atoms with Crippen molar-refractivity contribution in [3.8, 4) is 11.1 Å². The molecule has 0 aliphatic carbocycles. The van der Waals surface area contributed by atoms with Gasteiger partial charge >= 0.3 is 7.60 Å². The van der Waals surface area contributed by atoms with Crippen LogP contribution in [-0.4, -0.2) is 14.8 Å². The van der Waals surface area contributed by atoms with Crippen molar-refractivity contribution >= 4 is 7.60 Å². The maximum Gasteiger partial charge on any atom is 0.337 e. The molecule has 1 heterocycles. The van der Waals surface area contributed by atoms with Gasteiger partial charge in [0.1, 0.15) is 5.16 Å². The van der Waals surface area contributed by atoms with Gasteiger partial charge in [-0.2, -0.15) is 0 Å². The summed E-state index contributed by atoms with van der Waals surface area (Å²) >= 11 is 0. The predicted molar refractivity (Wildman–Crippen MR) is 84.0 cm³/mol. The summed E-state index contributed by atoms with van der Waals surface area (Å²) in [7, 11) is -4.28. The Morgan fingerprint density at radius 2 is 1.62 bits per heavy atom. The Hall–Kier alpha value is -1.48. The lowest BCUT2D eigenvalue weighted by Gasteiger charge is -2.31. The van der Waals surface area contributed by atoms with Gasteiger partial charge in [0.2, 0.25) is 0 Å². The van der Waals surface area contributed by atoms with Crippen LogP contribution >= 0.6 is 7.60 Å². The average Bonchev–Trinajstić information content (AvgIpc) is 2.49. The van der Waals surface area contributed by atoms with Crippen molar-refractivity contribution in [2.75, 3.05) is 0 Å². The molecule has 0 bridgehead atoms. The molecule has 0 aliphatic heterocycles. The van der Waals surface area contributed by atoms with E-state index in [-0.39, 0.29) is 0 Å². The number of hydrogen-bond donors (Lipinski definition) is 2. The Morgan fingerprint density at radius 3 is 2.05 bits per heavy atom. The van der Waals surface area contributed by atoms with Crippen LogP contribution in [0.4, 0.5) is 0 Å². The summed E-state index contributed by atoms with van der Waals surface area (Å²) in [5, 5.41) is -1.19. The van der Waals surface area contributed by atoms with E-state index < -0.39 is 12.8 Å². The van der Waals surface area contributed by atoms with Gasteiger partial charge in [-0.05, 0) is 24.5 Å². The second-order valence-electron chi connectivity index (χ2n) is 5.08. The summed E-state index contributed by atoms with van der Waals surface area (Å²) in [6, 6.07) is 13.4. The van der Waals surface area contributed by atoms with Crippen molar-refractivity contribution in [1.29, 1.82) is 0 Å². The molecule has 4 nitrogen and oxygen atoms in total. The third kappa shape index (κ3) is 2.93. The van der Waals surface area contributed by atoms with Gasteiger partial charge in [0.15, 0.2) is 0 Å². The van der Waals surface area contributed by atoms with Crippen LogP contribution in [0.1, 0.15) is 32.4 Å². The van der Waals surface area contributed by atoms with E-state index in [1.165, 1.54) is 0 Å². The SMILES string of the molecule is CCC(CC)(c1ccc(-c2ccccc2)cn1)P(=O)(O)O. The lowest BCUT2D eigenvalue weighted by Crippen LogP contribution is -2.25. The predicted octanol–water partition coefficient (Wildman–Crippen LogP) is 3.94. The fourth-order valence-electron chi connectivity index (χ4n) is 2.64. The molecule has 2 aromatic rings. The zero-order valence-electron chi connectivity index (χ0n) is 12.2. The molecule has 2 rings (SSSR count). The van der Waals surface area contributed by atoms with Crippen LogP contribution in [0, 0.1) is 0 Å². The Morgan fingerprint density at radius 1 is 1.00 bits per heavy atom. The largest absolute Gasteiger partial charge is 0.337 e. The lowest BCUT2D eigenvalue weighted by atomic mass is 9.96. The number of rotatable bonds is 5. The van der Waals surface area contributed by atoms with Crippen LogP contribution in [0.25, 0.3) is 11.1 Å². The van der Waals surface area contributed by atoms with Crippen LogP contribution < -0.4 is 0 Å². The first-order valence-electron chi connectivity index (χ1n) is 7.02. The highest BCUT2D eigenvalue weighted by molar-refractivity contribution is 7.53. The number of hydrogen-bond acceptors (Lipinski definition) is 2. The Bertz CT molecular complexity index is 630. The van der Waals surface area contributed by atoms with Crippen molar-refractivity contribution in [2.45, 2.75) is 31.8 Å². The Labute approximate surface area is 125 Å². The van der Waals surface area contributed by atoms with Crippen LogP contribution in [0.2, 0.25) is 0 Å². The van der Waals surface area contributed by atoms with Crippen molar-refractivity contribution in [2.24, 2.45) is 0 Å². The van der Waals surface area contributed by atoms with Gasteiger partial charge in [-0.3, -0.25) is 9.55 Å². The maximum atomic E-state index is 11.9. The van der Waals surface area contributed by atoms with Gasteiger partial charge in [-0.25, -0.2) is 0 Å². The topological polar surface area (TPSA) is 70.4 Å². The van der Waals surface area contributed by atoms with E-state index in [9.17, 15) is 14.4 Å². The number of aromatic nitrogens is 1. The summed E-state index contributed by atoms with van der Waals surface area (Å²) in [5.74, 6) is 0. The van der Waals surface area contributed by atoms with Gasteiger partial charge in [0.25, 0.3) is 0 Å². The average molecular weight is 305 g/mol. The molecular weight excluding hydrogens is 285 g/mol. The first-order chi connectivity index (χ1) is 9.94. The molecule has 1 aromatic carbocycles. The fourth-order valence-corrected chi connectivity index (χ4v) is 3.90. The molecule has 0 spiro atoms. The quantitative estimate of drug-likeness (QED) is 0.821.